The van der Waals surface area contributed by atoms with Gasteiger partial charge in [-0.1, -0.05) is 0 Å². The van der Waals surface area contributed by atoms with E-state index in [1.807, 2.05) is 6.92 Å². The topological polar surface area (TPSA) is 119 Å². The molecule has 0 fully saturated rings. The molecule has 1 amide bonds. The maximum Gasteiger partial charge on any atom is 0.306 e. The van der Waals surface area contributed by atoms with E-state index in [1.165, 1.54) is 11.6 Å². The van der Waals surface area contributed by atoms with Crippen molar-refractivity contribution in [3.63, 3.8) is 0 Å². The van der Waals surface area contributed by atoms with Crippen molar-refractivity contribution in [3.8, 4) is 0 Å². The zero-order valence-electron chi connectivity index (χ0n) is 11.6. The van der Waals surface area contributed by atoms with Crippen LogP contribution in [-0.2, 0) is 9.53 Å². The Balaban J connectivity index is 2.05. The van der Waals surface area contributed by atoms with Crippen LogP contribution in [0.3, 0.4) is 0 Å². The Morgan fingerprint density at radius 2 is 2.29 bits per heavy atom. The third-order valence-corrected chi connectivity index (χ3v) is 2.86. The third kappa shape index (κ3) is 3.51. The van der Waals surface area contributed by atoms with Crippen LogP contribution < -0.4 is 5.32 Å². The molecule has 0 saturated heterocycles. The van der Waals surface area contributed by atoms with Crippen molar-refractivity contribution in [2.24, 2.45) is 0 Å². The number of fused-ring (bicyclic) bond motifs is 1. The molecule has 2 N–H and O–H groups in total. The molecule has 2 heterocycles. The molecule has 0 saturated carbocycles. The van der Waals surface area contributed by atoms with Crippen LogP contribution in [0.15, 0.2) is 12.3 Å². The fraction of sp³-hybridized carbons (Fsp3) is 0.417. The van der Waals surface area contributed by atoms with E-state index in [4.69, 9.17) is 9.84 Å². The molecule has 2 aromatic rings. The number of aromatic nitrogens is 4. The average molecular weight is 293 g/mol. The van der Waals surface area contributed by atoms with Gasteiger partial charge in [0.2, 0.25) is 5.82 Å². The highest BCUT2D eigenvalue weighted by atomic mass is 16.5. The van der Waals surface area contributed by atoms with Crippen LogP contribution in [0, 0.1) is 6.92 Å². The van der Waals surface area contributed by atoms with Crippen molar-refractivity contribution >= 4 is 17.7 Å². The fourth-order valence-corrected chi connectivity index (χ4v) is 1.72. The lowest BCUT2D eigenvalue weighted by Gasteiger charge is -2.12. The van der Waals surface area contributed by atoms with Crippen LogP contribution in [0.5, 0.6) is 0 Å². The number of amides is 1. The molecule has 1 atom stereocenters. The molecule has 0 radical (unpaired) electrons. The average Bonchev–Trinajstić information content (AvgIpc) is 2.88. The van der Waals surface area contributed by atoms with E-state index in [1.54, 1.807) is 12.3 Å². The minimum absolute atomic E-state index is 0.0259. The number of methoxy groups -OCH3 is 1. The SMILES string of the molecule is COC(CNC(=O)c1nc2nccc(C)n2n1)CC(=O)O. The Morgan fingerprint density at radius 1 is 1.52 bits per heavy atom. The highest BCUT2D eigenvalue weighted by Gasteiger charge is 2.17. The number of carboxylic acid groups (broad SMARTS) is 1. The zero-order chi connectivity index (χ0) is 15.4. The van der Waals surface area contributed by atoms with Crippen LogP contribution in [0.2, 0.25) is 0 Å². The fourth-order valence-electron chi connectivity index (χ4n) is 1.72. The van der Waals surface area contributed by atoms with Gasteiger partial charge in [0.25, 0.3) is 11.7 Å². The molecule has 2 aromatic heterocycles. The van der Waals surface area contributed by atoms with Gasteiger partial charge in [-0.3, -0.25) is 9.59 Å². The second-order valence-corrected chi connectivity index (χ2v) is 4.40. The lowest BCUT2D eigenvalue weighted by molar-refractivity contribution is -0.139. The van der Waals surface area contributed by atoms with Crippen molar-refractivity contribution in [2.75, 3.05) is 13.7 Å². The summed E-state index contributed by atoms with van der Waals surface area (Å²) in [6, 6.07) is 1.75. The molecule has 2 rings (SSSR count). The Kier molecular flexibility index (Phi) is 4.43. The van der Waals surface area contributed by atoms with Gasteiger partial charge in [-0.2, -0.15) is 4.98 Å². The molecule has 0 aliphatic carbocycles. The first-order valence-corrected chi connectivity index (χ1v) is 6.22. The number of rotatable bonds is 6. The first kappa shape index (κ1) is 14.9. The normalized spacial score (nSPS) is 12.3. The first-order chi connectivity index (χ1) is 10.0. The summed E-state index contributed by atoms with van der Waals surface area (Å²) in [5.41, 5.74) is 0.798. The Labute approximate surface area is 120 Å². The van der Waals surface area contributed by atoms with E-state index in [9.17, 15) is 9.59 Å². The van der Waals surface area contributed by atoms with Gasteiger partial charge in [0.15, 0.2) is 0 Å². The van der Waals surface area contributed by atoms with Crippen molar-refractivity contribution < 1.29 is 19.4 Å². The van der Waals surface area contributed by atoms with E-state index in [2.05, 4.69) is 20.4 Å². The lowest BCUT2D eigenvalue weighted by Crippen LogP contribution is -2.35. The number of hydrogen-bond acceptors (Lipinski definition) is 6. The van der Waals surface area contributed by atoms with Gasteiger partial charge >= 0.3 is 5.97 Å². The summed E-state index contributed by atoms with van der Waals surface area (Å²) >= 11 is 0. The lowest BCUT2D eigenvalue weighted by atomic mass is 10.2. The van der Waals surface area contributed by atoms with Crippen LogP contribution >= 0.6 is 0 Å². The number of hydrogen-bond donors (Lipinski definition) is 2. The second kappa shape index (κ2) is 6.27. The number of carboxylic acids is 1. The minimum atomic E-state index is -0.998. The molecular formula is C12H15N5O4. The van der Waals surface area contributed by atoms with E-state index in [0.717, 1.165) is 5.69 Å². The molecule has 0 aliphatic heterocycles. The Bertz CT molecular complexity index is 669. The number of aliphatic carboxylic acids is 1. The zero-order valence-corrected chi connectivity index (χ0v) is 11.6. The molecule has 9 nitrogen and oxygen atoms in total. The van der Waals surface area contributed by atoms with E-state index >= 15 is 0 Å². The third-order valence-electron chi connectivity index (χ3n) is 2.86. The standard InChI is InChI=1S/C12H15N5O4/c1-7-3-4-13-12-15-10(16-17(7)12)11(20)14-6-8(21-2)5-9(18)19/h3-4,8H,5-6H2,1-2H3,(H,14,20)(H,18,19). The number of nitrogens with one attached hydrogen (secondary N) is 1. The predicted octanol–water partition coefficient (Wildman–Crippen LogP) is -0.348. The molecule has 0 aliphatic rings. The monoisotopic (exact) mass is 293 g/mol. The van der Waals surface area contributed by atoms with Crippen LogP contribution in [0.4, 0.5) is 0 Å². The molecule has 21 heavy (non-hydrogen) atoms. The summed E-state index contributed by atoms with van der Waals surface area (Å²) in [5.74, 6) is -1.20. The number of carbonyl (C=O) groups excluding carboxylic acids is 1. The minimum Gasteiger partial charge on any atom is -0.481 e. The summed E-state index contributed by atoms with van der Waals surface area (Å²) in [6.07, 6.45) is 0.772. The summed E-state index contributed by atoms with van der Waals surface area (Å²) in [6.45, 7) is 1.88. The van der Waals surface area contributed by atoms with Gasteiger partial charge < -0.3 is 15.2 Å². The van der Waals surface area contributed by atoms with Gasteiger partial charge in [0.1, 0.15) is 0 Å². The molecule has 112 valence electrons. The van der Waals surface area contributed by atoms with Gasteiger partial charge in [0.05, 0.1) is 12.5 Å². The van der Waals surface area contributed by atoms with Gasteiger partial charge in [-0.25, -0.2) is 9.50 Å². The smallest absolute Gasteiger partial charge is 0.306 e. The largest absolute Gasteiger partial charge is 0.481 e. The highest BCUT2D eigenvalue weighted by Crippen LogP contribution is 2.02. The molecular weight excluding hydrogens is 278 g/mol. The van der Waals surface area contributed by atoms with E-state index in [0.29, 0.717) is 5.78 Å². The number of carbonyl (C=O) groups is 2. The number of nitrogens with zero attached hydrogens (tertiary/aromatic N) is 4. The highest BCUT2D eigenvalue weighted by molar-refractivity contribution is 5.90. The summed E-state index contributed by atoms with van der Waals surface area (Å²) < 4.78 is 6.43. The molecule has 9 heteroatoms. The van der Waals surface area contributed by atoms with Crippen LogP contribution in [0.25, 0.3) is 5.78 Å². The Hall–Kier alpha value is -2.55. The van der Waals surface area contributed by atoms with Crippen LogP contribution in [-0.4, -0.2) is 56.3 Å². The number of aryl methyl sites for hydroxylation is 1. The summed E-state index contributed by atoms with van der Waals surface area (Å²) in [5, 5.41) is 15.3. The van der Waals surface area contributed by atoms with E-state index in [-0.39, 0.29) is 18.8 Å². The molecule has 0 aromatic carbocycles. The van der Waals surface area contributed by atoms with Gasteiger partial charge in [-0.05, 0) is 13.0 Å². The Morgan fingerprint density at radius 3 is 2.90 bits per heavy atom. The quantitative estimate of drug-likeness (QED) is 0.747. The second-order valence-electron chi connectivity index (χ2n) is 4.40. The maximum atomic E-state index is 12.0. The first-order valence-electron chi connectivity index (χ1n) is 6.22. The summed E-state index contributed by atoms with van der Waals surface area (Å²) in [4.78, 5) is 30.6. The van der Waals surface area contributed by atoms with Gasteiger partial charge in [-0.15, -0.1) is 5.10 Å². The summed E-state index contributed by atoms with van der Waals surface area (Å²) in [7, 11) is 1.39. The van der Waals surface area contributed by atoms with Crippen LogP contribution in [0.1, 0.15) is 22.7 Å². The van der Waals surface area contributed by atoms with Crippen molar-refractivity contribution in [3.05, 3.63) is 23.8 Å². The van der Waals surface area contributed by atoms with Crippen molar-refractivity contribution in [1.82, 2.24) is 24.9 Å². The van der Waals surface area contributed by atoms with Crippen molar-refractivity contribution in [2.45, 2.75) is 19.4 Å². The van der Waals surface area contributed by atoms with Gasteiger partial charge in [0, 0.05) is 25.5 Å². The maximum absolute atomic E-state index is 12.0. The van der Waals surface area contributed by atoms with E-state index < -0.39 is 18.0 Å². The van der Waals surface area contributed by atoms with Crippen molar-refractivity contribution in [1.29, 1.82) is 0 Å². The number of ether oxygens (including phenoxy) is 1. The molecule has 1 unspecified atom stereocenters. The molecule has 0 bridgehead atoms. The predicted molar refractivity (Wildman–Crippen MR) is 70.9 cm³/mol. The molecule has 0 spiro atoms.